The van der Waals surface area contributed by atoms with Crippen molar-refractivity contribution >= 4 is 5.97 Å². The number of fused-ring (bicyclic) bond motifs is 1. The largest absolute Gasteiger partial charge is 0.494 e. The first kappa shape index (κ1) is 17.3. The zero-order valence-electron chi connectivity index (χ0n) is 14.1. The van der Waals surface area contributed by atoms with Gasteiger partial charge in [0.15, 0.2) is 0 Å². The Balaban J connectivity index is 2.22. The van der Waals surface area contributed by atoms with E-state index in [1.165, 1.54) is 38.5 Å². The summed E-state index contributed by atoms with van der Waals surface area (Å²) in [5.74, 6) is 0.867. The predicted molar refractivity (Wildman–Crippen MR) is 85.5 cm³/mol. The number of carbonyl (C=O) groups excluding carboxylic acids is 1. The van der Waals surface area contributed by atoms with E-state index in [2.05, 4.69) is 0 Å². The number of hydrogen-bond donors (Lipinski definition) is 0. The Kier molecular flexibility index (Phi) is 7.23. The van der Waals surface area contributed by atoms with Gasteiger partial charge in [-0.2, -0.15) is 0 Å². The molecule has 1 aliphatic heterocycles. The van der Waals surface area contributed by atoms with Crippen LogP contribution in [-0.4, -0.2) is 32.4 Å². The average molecular weight is 310 g/mol. The number of rotatable bonds is 3. The second kappa shape index (κ2) is 9.19. The van der Waals surface area contributed by atoms with E-state index in [1.54, 1.807) is 7.11 Å². The zero-order chi connectivity index (χ0) is 15.8. The van der Waals surface area contributed by atoms with Gasteiger partial charge in [0.05, 0.1) is 12.2 Å². The van der Waals surface area contributed by atoms with Gasteiger partial charge >= 0.3 is 5.97 Å². The minimum atomic E-state index is -0.198. The van der Waals surface area contributed by atoms with Crippen molar-refractivity contribution in [2.75, 3.05) is 20.3 Å². The number of ether oxygens (including phenoxy) is 3. The van der Waals surface area contributed by atoms with E-state index in [9.17, 15) is 4.79 Å². The molecular weight excluding hydrogens is 280 g/mol. The van der Waals surface area contributed by atoms with E-state index in [0.29, 0.717) is 13.2 Å². The van der Waals surface area contributed by atoms with Crippen LogP contribution < -0.4 is 0 Å². The quantitative estimate of drug-likeness (QED) is 0.739. The maximum Gasteiger partial charge on any atom is 0.337 e. The smallest absolute Gasteiger partial charge is 0.337 e. The third-order valence-corrected chi connectivity index (χ3v) is 4.75. The van der Waals surface area contributed by atoms with Crippen LogP contribution in [0.25, 0.3) is 0 Å². The van der Waals surface area contributed by atoms with Gasteiger partial charge in [-0.1, -0.05) is 38.5 Å². The molecule has 0 aromatic heterocycles. The molecular formula is C18H30O4. The second-order valence-corrected chi connectivity index (χ2v) is 6.27. The summed E-state index contributed by atoms with van der Waals surface area (Å²) in [6.07, 6.45) is 10.4. The molecule has 0 amide bonds. The van der Waals surface area contributed by atoms with Gasteiger partial charge < -0.3 is 14.2 Å². The molecule has 0 unspecified atom stereocenters. The molecule has 0 N–H and O–H groups in total. The van der Waals surface area contributed by atoms with Crippen molar-refractivity contribution in [3.63, 3.8) is 0 Å². The van der Waals surface area contributed by atoms with Gasteiger partial charge in [-0.25, -0.2) is 4.79 Å². The Morgan fingerprint density at radius 3 is 2.50 bits per heavy atom. The number of methoxy groups -OCH3 is 1. The summed E-state index contributed by atoms with van der Waals surface area (Å²) in [7, 11) is 1.73. The van der Waals surface area contributed by atoms with Gasteiger partial charge in [0.2, 0.25) is 0 Å². The van der Waals surface area contributed by atoms with Crippen LogP contribution in [0.5, 0.6) is 0 Å². The third-order valence-electron chi connectivity index (χ3n) is 4.75. The average Bonchev–Trinajstić information content (AvgIpc) is 2.90. The SMILES string of the molecule is CCOC(=O)/C1=C2/OC[C@H](OC)[C@H]2CCCCCCCCC1. The van der Waals surface area contributed by atoms with Crippen molar-refractivity contribution in [2.24, 2.45) is 5.92 Å². The summed E-state index contributed by atoms with van der Waals surface area (Å²) in [6, 6.07) is 0. The number of carbonyl (C=O) groups is 1. The second-order valence-electron chi connectivity index (χ2n) is 6.27. The molecule has 1 fully saturated rings. The lowest BCUT2D eigenvalue weighted by atomic mass is 9.90. The van der Waals surface area contributed by atoms with Gasteiger partial charge in [-0.3, -0.25) is 0 Å². The summed E-state index contributed by atoms with van der Waals surface area (Å²) < 4.78 is 16.7. The van der Waals surface area contributed by atoms with Crippen LogP contribution in [0.3, 0.4) is 0 Å². The Bertz CT molecular complexity index is 389. The van der Waals surface area contributed by atoms with Gasteiger partial charge in [0.25, 0.3) is 0 Å². The van der Waals surface area contributed by atoms with Crippen molar-refractivity contribution in [2.45, 2.75) is 70.8 Å². The molecule has 0 aromatic rings. The molecule has 1 aliphatic carbocycles. The molecule has 1 heterocycles. The lowest BCUT2D eigenvalue weighted by molar-refractivity contribution is -0.139. The van der Waals surface area contributed by atoms with E-state index >= 15 is 0 Å². The fraction of sp³-hybridized carbons (Fsp3) is 0.833. The molecule has 0 aromatic carbocycles. The molecule has 0 bridgehead atoms. The molecule has 0 spiro atoms. The van der Waals surface area contributed by atoms with Crippen molar-refractivity contribution in [1.82, 2.24) is 0 Å². The van der Waals surface area contributed by atoms with Gasteiger partial charge in [-0.15, -0.1) is 0 Å². The van der Waals surface area contributed by atoms with Crippen molar-refractivity contribution < 1.29 is 19.0 Å². The highest BCUT2D eigenvalue weighted by Crippen LogP contribution is 2.36. The maximum absolute atomic E-state index is 12.4. The fourth-order valence-corrected chi connectivity index (χ4v) is 3.52. The zero-order valence-corrected chi connectivity index (χ0v) is 14.1. The standard InChI is InChI=1S/C18H30O4/c1-3-21-18(19)15-12-10-8-6-4-5-7-9-11-14-16(20-2)13-22-17(14)15/h14,16H,3-13H2,1-2H3/b17-15+/t14-,16+/m1/s1. The Hall–Kier alpha value is -1.03. The first-order valence-electron chi connectivity index (χ1n) is 8.83. The number of esters is 1. The topological polar surface area (TPSA) is 44.8 Å². The summed E-state index contributed by atoms with van der Waals surface area (Å²) in [5.41, 5.74) is 0.756. The first-order chi connectivity index (χ1) is 10.8. The maximum atomic E-state index is 12.4. The summed E-state index contributed by atoms with van der Waals surface area (Å²) in [6.45, 7) is 2.82. The van der Waals surface area contributed by atoms with Crippen LogP contribution in [0.4, 0.5) is 0 Å². The molecule has 4 nitrogen and oxygen atoms in total. The molecule has 2 atom stereocenters. The highest BCUT2D eigenvalue weighted by Gasteiger charge is 2.37. The van der Waals surface area contributed by atoms with Crippen molar-refractivity contribution in [3.05, 3.63) is 11.3 Å². The van der Waals surface area contributed by atoms with Crippen molar-refractivity contribution in [3.8, 4) is 0 Å². The molecule has 126 valence electrons. The van der Waals surface area contributed by atoms with Crippen LogP contribution in [0.2, 0.25) is 0 Å². The van der Waals surface area contributed by atoms with E-state index in [-0.39, 0.29) is 18.0 Å². The summed E-state index contributed by atoms with van der Waals surface area (Å²) >= 11 is 0. The molecule has 22 heavy (non-hydrogen) atoms. The minimum absolute atomic E-state index is 0.0716. The Morgan fingerprint density at radius 2 is 1.82 bits per heavy atom. The minimum Gasteiger partial charge on any atom is -0.494 e. The van der Waals surface area contributed by atoms with Crippen LogP contribution in [0, 0.1) is 5.92 Å². The van der Waals surface area contributed by atoms with E-state index in [4.69, 9.17) is 14.2 Å². The van der Waals surface area contributed by atoms with E-state index in [0.717, 1.165) is 30.6 Å². The predicted octanol–water partition coefficient (Wildman–Crippen LogP) is 3.99. The van der Waals surface area contributed by atoms with Crippen LogP contribution in [-0.2, 0) is 19.0 Å². The molecule has 1 saturated heterocycles. The molecule has 4 heteroatoms. The Morgan fingerprint density at radius 1 is 1.14 bits per heavy atom. The van der Waals surface area contributed by atoms with Crippen LogP contribution in [0.15, 0.2) is 11.3 Å². The molecule has 2 aliphatic rings. The summed E-state index contributed by atoms with van der Waals surface area (Å²) in [4.78, 5) is 12.4. The Labute approximate surface area is 134 Å². The van der Waals surface area contributed by atoms with E-state index in [1.807, 2.05) is 6.92 Å². The van der Waals surface area contributed by atoms with Crippen LogP contribution in [0.1, 0.15) is 64.7 Å². The lowest BCUT2D eigenvalue weighted by Gasteiger charge is -2.19. The molecule has 0 saturated carbocycles. The molecule has 2 rings (SSSR count). The van der Waals surface area contributed by atoms with Gasteiger partial charge in [-0.05, 0) is 26.2 Å². The first-order valence-corrected chi connectivity index (χ1v) is 8.83. The third kappa shape index (κ3) is 4.48. The van der Waals surface area contributed by atoms with Crippen molar-refractivity contribution in [1.29, 1.82) is 0 Å². The van der Waals surface area contributed by atoms with Gasteiger partial charge in [0.1, 0.15) is 18.5 Å². The monoisotopic (exact) mass is 310 g/mol. The van der Waals surface area contributed by atoms with Crippen LogP contribution >= 0.6 is 0 Å². The molecule has 0 radical (unpaired) electrons. The lowest BCUT2D eigenvalue weighted by Crippen LogP contribution is -2.22. The number of hydrogen-bond acceptors (Lipinski definition) is 4. The highest BCUT2D eigenvalue weighted by molar-refractivity contribution is 5.89. The van der Waals surface area contributed by atoms with Gasteiger partial charge in [0, 0.05) is 13.0 Å². The highest BCUT2D eigenvalue weighted by atomic mass is 16.6. The normalized spacial score (nSPS) is 30.6. The fourth-order valence-electron chi connectivity index (χ4n) is 3.52. The summed E-state index contributed by atoms with van der Waals surface area (Å²) in [5, 5.41) is 0. The van der Waals surface area contributed by atoms with E-state index < -0.39 is 0 Å².